The second-order valence-electron chi connectivity index (χ2n) is 4.40. The second-order valence-corrected chi connectivity index (χ2v) is 4.40. The number of amides is 2. The van der Waals surface area contributed by atoms with Gasteiger partial charge < -0.3 is 10.6 Å². The largest absolute Gasteiger partial charge is 0.354 e. The Hall–Kier alpha value is -2.17. The molecule has 0 aliphatic carbocycles. The highest BCUT2D eigenvalue weighted by Gasteiger charge is 2.18. The van der Waals surface area contributed by atoms with Crippen molar-refractivity contribution in [2.75, 3.05) is 6.54 Å². The molecule has 1 unspecified atom stereocenters. The molecule has 1 aromatic carbocycles. The maximum absolute atomic E-state index is 13.3. The van der Waals surface area contributed by atoms with Crippen LogP contribution in [0.4, 0.5) is 4.39 Å². The molecule has 19 heavy (non-hydrogen) atoms. The third-order valence-corrected chi connectivity index (χ3v) is 2.93. The van der Waals surface area contributed by atoms with Gasteiger partial charge in [0.05, 0.1) is 0 Å². The zero-order valence-corrected chi connectivity index (χ0v) is 10.4. The van der Waals surface area contributed by atoms with E-state index in [-0.39, 0.29) is 23.7 Å². The van der Waals surface area contributed by atoms with Crippen LogP contribution in [0.1, 0.15) is 18.4 Å². The number of halogens is 1. The average molecular weight is 262 g/mol. The molecule has 5 heteroatoms. The summed E-state index contributed by atoms with van der Waals surface area (Å²) in [6.07, 6.45) is 3.79. The van der Waals surface area contributed by atoms with Crippen molar-refractivity contribution < 1.29 is 14.0 Å². The number of hydrogen-bond acceptors (Lipinski definition) is 2. The minimum Gasteiger partial charge on any atom is -0.354 e. The summed E-state index contributed by atoms with van der Waals surface area (Å²) in [5.74, 6) is -0.645. The first-order valence-electron chi connectivity index (χ1n) is 6.15. The van der Waals surface area contributed by atoms with Gasteiger partial charge in [-0.15, -0.1) is 0 Å². The van der Waals surface area contributed by atoms with Gasteiger partial charge in [-0.3, -0.25) is 9.59 Å². The predicted molar refractivity (Wildman–Crippen MR) is 69.6 cm³/mol. The van der Waals surface area contributed by atoms with Gasteiger partial charge in [0, 0.05) is 30.6 Å². The second kappa shape index (κ2) is 6.13. The third kappa shape index (κ3) is 3.91. The summed E-state index contributed by atoms with van der Waals surface area (Å²) in [6, 6.07) is 6.18. The molecule has 1 fully saturated rings. The first-order valence-corrected chi connectivity index (χ1v) is 6.15. The molecule has 0 spiro atoms. The summed E-state index contributed by atoms with van der Waals surface area (Å²) in [5.41, 5.74) is 0.370. The molecule has 0 bridgehead atoms. The van der Waals surface area contributed by atoms with E-state index in [0.717, 1.165) is 0 Å². The number of carbonyl (C=O) groups is 2. The van der Waals surface area contributed by atoms with Crippen LogP contribution in [0.5, 0.6) is 0 Å². The van der Waals surface area contributed by atoms with Crippen molar-refractivity contribution in [1.29, 1.82) is 0 Å². The monoisotopic (exact) mass is 262 g/mol. The van der Waals surface area contributed by atoms with Gasteiger partial charge in [0.2, 0.25) is 11.8 Å². The van der Waals surface area contributed by atoms with E-state index in [1.54, 1.807) is 18.2 Å². The maximum atomic E-state index is 13.3. The Kier molecular flexibility index (Phi) is 4.28. The molecule has 1 heterocycles. The summed E-state index contributed by atoms with van der Waals surface area (Å²) in [6.45, 7) is 0.443. The molecule has 1 aliphatic rings. The molecule has 1 aromatic rings. The van der Waals surface area contributed by atoms with Crippen molar-refractivity contribution in [1.82, 2.24) is 10.6 Å². The topological polar surface area (TPSA) is 58.2 Å². The van der Waals surface area contributed by atoms with E-state index in [0.29, 0.717) is 24.9 Å². The molecule has 1 saturated heterocycles. The summed E-state index contributed by atoms with van der Waals surface area (Å²) in [4.78, 5) is 22.6. The molecule has 100 valence electrons. The van der Waals surface area contributed by atoms with Crippen LogP contribution >= 0.6 is 0 Å². The fourth-order valence-electron chi connectivity index (χ4n) is 1.88. The SMILES string of the molecule is O=C(/C=C/c1ccccc1F)NC1CCC(=O)NC1. The zero-order chi connectivity index (χ0) is 13.7. The average Bonchev–Trinajstić information content (AvgIpc) is 2.40. The summed E-state index contributed by atoms with van der Waals surface area (Å²) in [5, 5.41) is 5.45. The standard InChI is InChI=1S/C14H15FN2O2/c15-12-4-2-1-3-10(12)5-7-14(19)17-11-6-8-13(18)16-9-11/h1-5,7,11H,6,8-9H2,(H,16,18)(H,17,19)/b7-5+. The molecule has 4 nitrogen and oxygen atoms in total. The lowest BCUT2D eigenvalue weighted by atomic mass is 10.1. The minimum absolute atomic E-state index is 0.00685. The van der Waals surface area contributed by atoms with Gasteiger partial charge in [-0.25, -0.2) is 4.39 Å². The Morgan fingerprint density at radius 1 is 1.42 bits per heavy atom. The maximum Gasteiger partial charge on any atom is 0.244 e. The van der Waals surface area contributed by atoms with E-state index >= 15 is 0 Å². The first kappa shape index (κ1) is 13.3. The molecule has 2 N–H and O–H groups in total. The molecular weight excluding hydrogens is 247 g/mol. The van der Waals surface area contributed by atoms with E-state index in [2.05, 4.69) is 10.6 Å². The van der Waals surface area contributed by atoms with Gasteiger partial charge in [-0.2, -0.15) is 0 Å². The quantitative estimate of drug-likeness (QED) is 0.805. The lowest BCUT2D eigenvalue weighted by Crippen LogP contribution is -2.47. The van der Waals surface area contributed by atoms with Crippen LogP contribution < -0.4 is 10.6 Å². The first-order chi connectivity index (χ1) is 9.15. The van der Waals surface area contributed by atoms with E-state index in [4.69, 9.17) is 0 Å². The Balaban J connectivity index is 1.87. The van der Waals surface area contributed by atoms with E-state index in [9.17, 15) is 14.0 Å². The van der Waals surface area contributed by atoms with E-state index in [1.165, 1.54) is 18.2 Å². The van der Waals surface area contributed by atoms with Crippen molar-refractivity contribution in [2.45, 2.75) is 18.9 Å². The molecule has 1 atom stereocenters. The van der Waals surface area contributed by atoms with Gasteiger partial charge in [-0.1, -0.05) is 18.2 Å². The molecule has 0 saturated carbocycles. The zero-order valence-electron chi connectivity index (χ0n) is 10.4. The summed E-state index contributed by atoms with van der Waals surface area (Å²) in [7, 11) is 0. The van der Waals surface area contributed by atoms with Crippen LogP contribution in [0, 0.1) is 5.82 Å². The molecule has 1 aliphatic heterocycles. The van der Waals surface area contributed by atoms with Gasteiger partial charge in [0.15, 0.2) is 0 Å². The lowest BCUT2D eigenvalue weighted by molar-refractivity contribution is -0.124. The van der Waals surface area contributed by atoms with Gasteiger partial charge in [0.25, 0.3) is 0 Å². The molecule has 0 aromatic heterocycles. The predicted octanol–water partition coefficient (Wildman–Crippen LogP) is 1.23. The number of benzene rings is 1. The fourth-order valence-corrected chi connectivity index (χ4v) is 1.88. The number of piperidine rings is 1. The lowest BCUT2D eigenvalue weighted by Gasteiger charge is -2.22. The summed E-state index contributed by atoms with van der Waals surface area (Å²) < 4.78 is 13.3. The van der Waals surface area contributed by atoms with Gasteiger partial charge >= 0.3 is 0 Å². The number of nitrogens with one attached hydrogen (secondary N) is 2. The van der Waals surface area contributed by atoms with Crippen molar-refractivity contribution in [2.24, 2.45) is 0 Å². The van der Waals surface area contributed by atoms with Crippen LogP contribution in [-0.2, 0) is 9.59 Å². The van der Waals surface area contributed by atoms with Crippen molar-refractivity contribution in [3.63, 3.8) is 0 Å². The van der Waals surface area contributed by atoms with Crippen molar-refractivity contribution in [3.8, 4) is 0 Å². The highest BCUT2D eigenvalue weighted by Crippen LogP contribution is 2.08. The number of rotatable bonds is 3. The Morgan fingerprint density at radius 2 is 2.21 bits per heavy atom. The minimum atomic E-state index is -0.364. The fraction of sp³-hybridized carbons (Fsp3) is 0.286. The van der Waals surface area contributed by atoms with E-state index in [1.807, 2.05) is 0 Å². The molecule has 2 rings (SSSR count). The highest BCUT2D eigenvalue weighted by molar-refractivity contribution is 5.92. The van der Waals surface area contributed by atoms with Crippen LogP contribution in [0.25, 0.3) is 6.08 Å². The normalized spacial score (nSPS) is 19.2. The molecule has 2 amide bonds. The smallest absolute Gasteiger partial charge is 0.244 e. The Morgan fingerprint density at radius 3 is 2.89 bits per heavy atom. The van der Waals surface area contributed by atoms with E-state index < -0.39 is 0 Å². The molecule has 0 radical (unpaired) electrons. The summed E-state index contributed by atoms with van der Waals surface area (Å²) >= 11 is 0. The van der Waals surface area contributed by atoms with Crippen LogP contribution in [-0.4, -0.2) is 24.4 Å². The third-order valence-electron chi connectivity index (χ3n) is 2.93. The highest BCUT2D eigenvalue weighted by atomic mass is 19.1. The van der Waals surface area contributed by atoms with Crippen LogP contribution in [0.2, 0.25) is 0 Å². The van der Waals surface area contributed by atoms with Crippen LogP contribution in [0.15, 0.2) is 30.3 Å². The number of hydrogen-bond donors (Lipinski definition) is 2. The van der Waals surface area contributed by atoms with Crippen LogP contribution in [0.3, 0.4) is 0 Å². The van der Waals surface area contributed by atoms with Gasteiger partial charge in [0.1, 0.15) is 5.82 Å². The van der Waals surface area contributed by atoms with Crippen molar-refractivity contribution >= 4 is 17.9 Å². The van der Waals surface area contributed by atoms with Crippen molar-refractivity contribution in [3.05, 3.63) is 41.7 Å². The number of carbonyl (C=O) groups excluding carboxylic acids is 2. The molecular formula is C14H15FN2O2. The van der Waals surface area contributed by atoms with Gasteiger partial charge in [-0.05, 0) is 18.6 Å². The Labute approximate surface area is 110 Å². The Bertz CT molecular complexity index is 504.